The molecule has 0 fully saturated rings. The van der Waals surface area contributed by atoms with Crippen molar-refractivity contribution in [3.8, 4) is 0 Å². The van der Waals surface area contributed by atoms with E-state index in [4.69, 9.17) is 5.11 Å². The van der Waals surface area contributed by atoms with Crippen LogP contribution in [0.25, 0.3) is 17.0 Å². The van der Waals surface area contributed by atoms with Gasteiger partial charge in [0, 0.05) is 18.5 Å². The van der Waals surface area contributed by atoms with Crippen LogP contribution in [0.1, 0.15) is 5.69 Å². The highest BCUT2D eigenvalue weighted by Crippen LogP contribution is 2.18. The predicted octanol–water partition coefficient (Wildman–Crippen LogP) is 1.67. The van der Waals surface area contributed by atoms with Crippen LogP contribution in [-0.2, 0) is 11.8 Å². The van der Waals surface area contributed by atoms with E-state index in [1.165, 1.54) is 6.08 Å². The van der Waals surface area contributed by atoms with Crippen LogP contribution in [0, 0.1) is 0 Å². The van der Waals surface area contributed by atoms with Gasteiger partial charge in [0.2, 0.25) is 0 Å². The third kappa shape index (κ3) is 1.74. The number of aromatic nitrogens is 2. The summed E-state index contributed by atoms with van der Waals surface area (Å²) in [5.41, 5.74) is 1.66. The topological polar surface area (TPSA) is 55.1 Å². The fourth-order valence-electron chi connectivity index (χ4n) is 1.52. The molecule has 2 rings (SSSR count). The molecule has 1 heterocycles. The molecule has 0 amide bonds. The lowest BCUT2D eigenvalue weighted by Crippen LogP contribution is -1.89. The second-order valence-electron chi connectivity index (χ2n) is 3.20. The molecule has 4 heteroatoms. The molecule has 0 aliphatic carbocycles. The molecule has 76 valence electrons. The van der Waals surface area contributed by atoms with Crippen LogP contribution in [0.4, 0.5) is 0 Å². The second kappa shape index (κ2) is 3.57. The molecule has 1 aromatic carbocycles. The Labute approximate surface area is 86.4 Å². The molecule has 0 bridgehead atoms. The number of hydrogen-bond donors (Lipinski definition) is 1. The quantitative estimate of drug-likeness (QED) is 0.753. The third-order valence-corrected chi connectivity index (χ3v) is 2.17. The van der Waals surface area contributed by atoms with Crippen LogP contribution >= 0.6 is 0 Å². The number of para-hydroxylation sites is 1. The Kier molecular flexibility index (Phi) is 2.25. The zero-order valence-corrected chi connectivity index (χ0v) is 8.21. The van der Waals surface area contributed by atoms with Crippen molar-refractivity contribution in [1.82, 2.24) is 9.78 Å². The van der Waals surface area contributed by atoms with Gasteiger partial charge in [-0.15, -0.1) is 0 Å². The number of carboxylic acid groups (broad SMARTS) is 1. The number of carbonyl (C=O) groups is 1. The van der Waals surface area contributed by atoms with Gasteiger partial charge in [-0.2, -0.15) is 5.10 Å². The molecule has 0 saturated carbocycles. The first-order valence-electron chi connectivity index (χ1n) is 4.51. The molecule has 4 nitrogen and oxygen atoms in total. The van der Waals surface area contributed by atoms with Crippen molar-refractivity contribution in [1.29, 1.82) is 0 Å². The summed E-state index contributed by atoms with van der Waals surface area (Å²) in [4.78, 5) is 10.4. The summed E-state index contributed by atoms with van der Waals surface area (Å²) in [6.45, 7) is 0. The largest absolute Gasteiger partial charge is 0.478 e. The molecule has 15 heavy (non-hydrogen) atoms. The summed E-state index contributed by atoms with van der Waals surface area (Å²) < 4.78 is 1.73. The Bertz CT molecular complexity index is 541. The van der Waals surface area contributed by atoms with Crippen molar-refractivity contribution >= 4 is 22.9 Å². The lowest BCUT2D eigenvalue weighted by molar-refractivity contribution is -0.131. The molecule has 0 radical (unpaired) electrons. The van der Waals surface area contributed by atoms with Crippen molar-refractivity contribution in [2.24, 2.45) is 7.05 Å². The number of aryl methyl sites for hydroxylation is 1. The van der Waals surface area contributed by atoms with Crippen molar-refractivity contribution in [3.05, 3.63) is 36.0 Å². The summed E-state index contributed by atoms with van der Waals surface area (Å²) in [7, 11) is 1.83. The summed E-state index contributed by atoms with van der Waals surface area (Å²) in [5, 5.41) is 13.7. The first-order valence-corrected chi connectivity index (χ1v) is 4.51. The van der Waals surface area contributed by atoms with E-state index < -0.39 is 5.97 Å². The van der Waals surface area contributed by atoms with Gasteiger partial charge in [0.1, 0.15) is 0 Å². The SMILES string of the molecule is Cn1nc(C=CC(=O)O)c2ccccc21. The Balaban J connectivity index is 2.57. The molecule has 0 aliphatic heterocycles. The molecule has 0 atom stereocenters. The fourth-order valence-corrected chi connectivity index (χ4v) is 1.52. The predicted molar refractivity (Wildman–Crippen MR) is 57.4 cm³/mol. The van der Waals surface area contributed by atoms with Crippen LogP contribution in [0.3, 0.4) is 0 Å². The number of fused-ring (bicyclic) bond motifs is 1. The van der Waals surface area contributed by atoms with E-state index in [-0.39, 0.29) is 0 Å². The van der Waals surface area contributed by atoms with Crippen molar-refractivity contribution in [2.45, 2.75) is 0 Å². The molecule has 1 aromatic heterocycles. The maximum absolute atomic E-state index is 10.4. The molecule has 0 unspecified atom stereocenters. The van der Waals surface area contributed by atoms with Crippen LogP contribution in [0.2, 0.25) is 0 Å². The van der Waals surface area contributed by atoms with Crippen LogP contribution in [0.15, 0.2) is 30.3 Å². The lowest BCUT2D eigenvalue weighted by atomic mass is 10.2. The van der Waals surface area contributed by atoms with Crippen molar-refractivity contribution in [2.75, 3.05) is 0 Å². The Hall–Kier alpha value is -2.10. The Morgan fingerprint density at radius 3 is 2.93 bits per heavy atom. The number of hydrogen-bond acceptors (Lipinski definition) is 2. The van der Waals surface area contributed by atoms with E-state index in [9.17, 15) is 4.79 Å². The van der Waals surface area contributed by atoms with Crippen molar-refractivity contribution < 1.29 is 9.90 Å². The van der Waals surface area contributed by atoms with E-state index in [2.05, 4.69) is 5.10 Å². The number of rotatable bonds is 2. The average Bonchev–Trinajstić information content (AvgIpc) is 2.54. The van der Waals surface area contributed by atoms with E-state index in [1.807, 2.05) is 31.3 Å². The van der Waals surface area contributed by atoms with Gasteiger partial charge in [-0.3, -0.25) is 4.68 Å². The van der Waals surface area contributed by atoms with E-state index in [0.717, 1.165) is 17.0 Å². The Morgan fingerprint density at radius 1 is 1.47 bits per heavy atom. The fraction of sp³-hybridized carbons (Fsp3) is 0.0909. The molecule has 1 N–H and O–H groups in total. The molecule has 0 saturated heterocycles. The average molecular weight is 202 g/mol. The minimum Gasteiger partial charge on any atom is -0.478 e. The highest BCUT2D eigenvalue weighted by molar-refractivity contribution is 5.91. The summed E-state index contributed by atoms with van der Waals surface area (Å²) >= 11 is 0. The summed E-state index contributed by atoms with van der Waals surface area (Å²) in [6, 6.07) is 7.70. The molecule has 0 spiro atoms. The van der Waals surface area contributed by atoms with Gasteiger partial charge in [0.25, 0.3) is 0 Å². The number of nitrogens with zero attached hydrogens (tertiary/aromatic N) is 2. The van der Waals surface area contributed by atoms with Crippen molar-refractivity contribution in [3.63, 3.8) is 0 Å². The highest BCUT2D eigenvalue weighted by Gasteiger charge is 2.04. The maximum Gasteiger partial charge on any atom is 0.328 e. The number of aliphatic carboxylic acids is 1. The molecule has 2 aromatic rings. The van der Waals surface area contributed by atoms with Crippen LogP contribution < -0.4 is 0 Å². The van der Waals surface area contributed by atoms with Gasteiger partial charge in [-0.1, -0.05) is 18.2 Å². The van der Waals surface area contributed by atoms with E-state index >= 15 is 0 Å². The van der Waals surface area contributed by atoms with Crippen LogP contribution in [0.5, 0.6) is 0 Å². The standard InChI is InChI=1S/C11H10N2O2/c1-13-10-5-3-2-4-8(10)9(12-13)6-7-11(14)15/h2-7H,1H3,(H,14,15). The third-order valence-electron chi connectivity index (χ3n) is 2.17. The van der Waals surface area contributed by atoms with Gasteiger partial charge in [0.15, 0.2) is 0 Å². The maximum atomic E-state index is 10.4. The minimum atomic E-state index is -0.968. The van der Waals surface area contributed by atoms with E-state index in [1.54, 1.807) is 4.68 Å². The zero-order chi connectivity index (χ0) is 10.8. The smallest absolute Gasteiger partial charge is 0.328 e. The molecular formula is C11H10N2O2. The van der Waals surface area contributed by atoms with Gasteiger partial charge >= 0.3 is 5.97 Å². The van der Waals surface area contributed by atoms with Gasteiger partial charge in [-0.05, 0) is 12.1 Å². The first kappa shape index (κ1) is 9.45. The minimum absolute atomic E-state index is 0.676. The van der Waals surface area contributed by atoms with Crippen LogP contribution in [-0.4, -0.2) is 20.9 Å². The summed E-state index contributed by atoms with van der Waals surface area (Å²) in [6.07, 6.45) is 2.60. The number of benzene rings is 1. The van der Waals surface area contributed by atoms with E-state index in [0.29, 0.717) is 5.69 Å². The molecular weight excluding hydrogens is 192 g/mol. The summed E-state index contributed by atoms with van der Waals surface area (Å²) in [5.74, 6) is -0.968. The van der Waals surface area contributed by atoms with Gasteiger partial charge < -0.3 is 5.11 Å². The monoisotopic (exact) mass is 202 g/mol. The number of carboxylic acids is 1. The second-order valence-corrected chi connectivity index (χ2v) is 3.20. The van der Waals surface area contributed by atoms with Gasteiger partial charge in [-0.25, -0.2) is 4.79 Å². The van der Waals surface area contributed by atoms with Gasteiger partial charge in [0.05, 0.1) is 11.2 Å². The zero-order valence-electron chi connectivity index (χ0n) is 8.21. The molecule has 0 aliphatic rings. The first-order chi connectivity index (χ1) is 7.18. The Morgan fingerprint density at radius 2 is 2.20 bits per heavy atom. The highest BCUT2D eigenvalue weighted by atomic mass is 16.4. The lowest BCUT2D eigenvalue weighted by Gasteiger charge is -1.90. The normalized spacial score (nSPS) is 11.3.